The minimum absolute atomic E-state index is 0.138. The fraction of sp³-hybridized carbons (Fsp3) is 0.368. The summed E-state index contributed by atoms with van der Waals surface area (Å²) < 4.78 is 31.5. The fourth-order valence-electron chi connectivity index (χ4n) is 2.50. The minimum atomic E-state index is -0.409. The molecule has 0 N–H and O–H groups in total. The molecule has 2 aromatic carbocycles. The molecule has 6 heteroatoms. The zero-order valence-electron chi connectivity index (χ0n) is 14.8. The molecule has 1 aliphatic heterocycles. The van der Waals surface area contributed by atoms with Crippen molar-refractivity contribution < 1.29 is 18.4 Å². The molecule has 1 aliphatic rings. The van der Waals surface area contributed by atoms with E-state index in [-0.39, 0.29) is 23.6 Å². The maximum absolute atomic E-state index is 13.8. The van der Waals surface area contributed by atoms with Crippen LogP contribution in [0.2, 0.25) is 5.02 Å². The molecule has 0 bridgehead atoms. The van der Waals surface area contributed by atoms with E-state index in [1.54, 1.807) is 12.1 Å². The van der Waals surface area contributed by atoms with Crippen molar-refractivity contribution in [3.05, 3.63) is 58.9 Å². The predicted octanol–water partition coefficient (Wildman–Crippen LogP) is 4.36. The summed E-state index contributed by atoms with van der Waals surface area (Å²) in [5, 5.41) is 0.369. The molecular weight excluding hydrogens is 341 g/mol. The van der Waals surface area contributed by atoms with Gasteiger partial charge in [-0.2, -0.15) is 0 Å². The van der Waals surface area contributed by atoms with Crippen LogP contribution in [0.4, 0.5) is 4.39 Å². The predicted molar refractivity (Wildman–Crippen MR) is 97.9 cm³/mol. The third-order valence-electron chi connectivity index (χ3n) is 4.81. The number of ether oxygens (including phenoxy) is 1. The van der Waals surface area contributed by atoms with Crippen LogP contribution in [-0.2, 0) is 15.9 Å². The molecule has 0 saturated carbocycles. The fourth-order valence-corrected chi connectivity index (χ4v) is 2.66. The van der Waals surface area contributed by atoms with Crippen molar-refractivity contribution in [2.75, 3.05) is 0 Å². The van der Waals surface area contributed by atoms with Gasteiger partial charge in [-0.1, -0.05) is 29.8 Å². The zero-order chi connectivity index (χ0) is 18.2. The van der Waals surface area contributed by atoms with E-state index in [1.165, 1.54) is 6.07 Å². The summed E-state index contributed by atoms with van der Waals surface area (Å²) >= 11 is 5.75. The molecule has 132 valence electrons. The second-order valence-electron chi connectivity index (χ2n) is 7.18. The van der Waals surface area contributed by atoms with Crippen molar-refractivity contribution in [2.24, 2.45) is 0 Å². The summed E-state index contributed by atoms with van der Waals surface area (Å²) in [5.41, 5.74) is 0.626. The largest absolute Gasteiger partial charge is 0.494 e. The molecule has 0 aromatic heterocycles. The Balaban J connectivity index is 1.65. The van der Waals surface area contributed by atoms with Crippen LogP contribution in [0.3, 0.4) is 0 Å². The van der Waals surface area contributed by atoms with Crippen molar-refractivity contribution in [3.8, 4) is 5.75 Å². The van der Waals surface area contributed by atoms with Crippen molar-refractivity contribution in [2.45, 2.75) is 45.5 Å². The van der Waals surface area contributed by atoms with E-state index in [2.05, 4.69) is 0 Å². The van der Waals surface area contributed by atoms with Gasteiger partial charge in [0.05, 0.1) is 11.2 Å². The molecule has 3 rings (SSSR count). The molecule has 25 heavy (non-hydrogen) atoms. The molecule has 0 amide bonds. The Bertz CT molecular complexity index is 746. The van der Waals surface area contributed by atoms with Gasteiger partial charge in [0.15, 0.2) is 0 Å². The van der Waals surface area contributed by atoms with Crippen molar-refractivity contribution in [3.63, 3.8) is 0 Å². The monoisotopic (exact) mass is 362 g/mol. The first-order valence-electron chi connectivity index (χ1n) is 8.20. The summed E-state index contributed by atoms with van der Waals surface area (Å²) in [6.07, 6.45) is 0. The number of rotatable bonds is 4. The lowest BCUT2D eigenvalue weighted by molar-refractivity contribution is 0.00578. The Kier molecular flexibility index (Phi) is 4.84. The molecule has 0 aliphatic carbocycles. The summed E-state index contributed by atoms with van der Waals surface area (Å²) in [4.78, 5) is 0. The highest BCUT2D eigenvalue weighted by atomic mass is 35.5. The number of hydrogen-bond donors (Lipinski definition) is 0. The van der Waals surface area contributed by atoms with Gasteiger partial charge in [0, 0.05) is 10.6 Å². The van der Waals surface area contributed by atoms with Crippen LogP contribution in [0.1, 0.15) is 33.3 Å². The number of hydrogen-bond acceptors (Lipinski definition) is 3. The number of benzene rings is 2. The van der Waals surface area contributed by atoms with Gasteiger partial charge in [0.2, 0.25) is 0 Å². The zero-order valence-corrected chi connectivity index (χ0v) is 15.6. The van der Waals surface area contributed by atoms with Crippen LogP contribution < -0.4 is 10.2 Å². The summed E-state index contributed by atoms with van der Waals surface area (Å²) in [6.45, 7) is 8.21. The van der Waals surface area contributed by atoms with Gasteiger partial charge >= 0.3 is 7.12 Å². The van der Waals surface area contributed by atoms with Gasteiger partial charge in [0.25, 0.3) is 0 Å². The van der Waals surface area contributed by atoms with Gasteiger partial charge in [-0.15, -0.1) is 0 Å². The standard InChI is InChI=1S/C19H21BClFO3/c1-18(2)19(3,4)25-20(24-18)14-6-9-16(10-7-14)23-12-13-5-8-15(21)11-17(13)22/h5-11H,12H2,1-4H3. The van der Waals surface area contributed by atoms with Crippen LogP contribution in [-0.4, -0.2) is 18.3 Å². The van der Waals surface area contributed by atoms with E-state index >= 15 is 0 Å². The van der Waals surface area contributed by atoms with Gasteiger partial charge in [-0.3, -0.25) is 0 Å². The summed E-state index contributed by atoms with van der Waals surface area (Å²) in [6, 6.07) is 12.0. The van der Waals surface area contributed by atoms with Crippen molar-refractivity contribution in [1.82, 2.24) is 0 Å². The SMILES string of the molecule is CC1(C)OB(c2ccc(OCc3ccc(Cl)cc3F)cc2)OC1(C)C. The van der Waals surface area contributed by atoms with E-state index in [1.807, 2.05) is 52.0 Å². The van der Waals surface area contributed by atoms with Crippen molar-refractivity contribution in [1.29, 1.82) is 0 Å². The highest BCUT2D eigenvalue weighted by Gasteiger charge is 2.51. The van der Waals surface area contributed by atoms with E-state index in [4.69, 9.17) is 25.6 Å². The lowest BCUT2D eigenvalue weighted by atomic mass is 9.79. The molecule has 0 radical (unpaired) electrons. The van der Waals surface area contributed by atoms with Crippen LogP contribution in [0.5, 0.6) is 5.75 Å². The highest BCUT2D eigenvalue weighted by molar-refractivity contribution is 6.62. The van der Waals surface area contributed by atoms with Gasteiger partial charge < -0.3 is 14.0 Å². The topological polar surface area (TPSA) is 27.7 Å². The van der Waals surface area contributed by atoms with E-state index in [0.29, 0.717) is 16.3 Å². The maximum atomic E-state index is 13.8. The lowest BCUT2D eigenvalue weighted by Crippen LogP contribution is -2.41. The minimum Gasteiger partial charge on any atom is -0.489 e. The quantitative estimate of drug-likeness (QED) is 0.757. The second-order valence-corrected chi connectivity index (χ2v) is 7.62. The third kappa shape index (κ3) is 3.84. The first-order chi connectivity index (χ1) is 11.7. The maximum Gasteiger partial charge on any atom is 0.494 e. The third-order valence-corrected chi connectivity index (χ3v) is 5.05. The van der Waals surface area contributed by atoms with Gasteiger partial charge in [0.1, 0.15) is 18.2 Å². The van der Waals surface area contributed by atoms with Crippen LogP contribution in [0.25, 0.3) is 0 Å². The summed E-state index contributed by atoms with van der Waals surface area (Å²) in [5.74, 6) is 0.274. The average Bonchev–Trinajstić information content (AvgIpc) is 2.75. The Labute approximate surface area is 153 Å². The van der Waals surface area contributed by atoms with Gasteiger partial charge in [-0.05, 0) is 57.4 Å². The molecule has 0 unspecified atom stereocenters. The molecule has 1 saturated heterocycles. The smallest absolute Gasteiger partial charge is 0.489 e. The Hall–Kier alpha value is -1.56. The van der Waals surface area contributed by atoms with Crippen LogP contribution in [0.15, 0.2) is 42.5 Å². The number of halogens is 2. The van der Waals surface area contributed by atoms with E-state index < -0.39 is 7.12 Å². The Morgan fingerprint density at radius 3 is 2.16 bits per heavy atom. The Morgan fingerprint density at radius 2 is 1.60 bits per heavy atom. The first kappa shape index (κ1) is 18.2. The second kappa shape index (κ2) is 6.63. The molecular formula is C19H21BClFO3. The molecule has 1 heterocycles. The average molecular weight is 363 g/mol. The molecule has 2 aromatic rings. The normalized spacial score (nSPS) is 18.4. The molecule has 0 atom stereocenters. The molecule has 3 nitrogen and oxygen atoms in total. The Morgan fingerprint density at radius 1 is 1.00 bits per heavy atom. The highest BCUT2D eigenvalue weighted by Crippen LogP contribution is 2.36. The van der Waals surface area contributed by atoms with Gasteiger partial charge in [-0.25, -0.2) is 4.39 Å². The van der Waals surface area contributed by atoms with Crippen LogP contribution in [0, 0.1) is 5.82 Å². The van der Waals surface area contributed by atoms with E-state index in [9.17, 15) is 4.39 Å². The first-order valence-corrected chi connectivity index (χ1v) is 8.58. The van der Waals surface area contributed by atoms with Crippen molar-refractivity contribution >= 4 is 24.2 Å². The summed E-state index contributed by atoms with van der Waals surface area (Å²) in [7, 11) is -0.409. The van der Waals surface area contributed by atoms with E-state index in [0.717, 1.165) is 5.46 Å². The molecule has 0 spiro atoms. The van der Waals surface area contributed by atoms with Crippen LogP contribution >= 0.6 is 11.6 Å². The molecule has 1 fully saturated rings. The lowest BCUT2D eigenvalue weighted by Gasteiger charge is -2.32.